The van der Waals surface area contributed by atoms with Crippen molar-refractivity contribution in [2.24, 2.45) is 10.7 Å². The Morgan fingerprint density at radius 2 is 2.30 bits per heavy atom. The Hall–Kier alpha value is -0.830. The molecule has 0 aliphatic carbocycles. The highest BCUT2D eigenvalue weighted by Gasteiger charge is 1.94. The maximum absolute atomic E-state index is 5.39. The summed E-state index contributed by atoms with van der Waals surface area (Å²) < 4.78 is 0. The molecule has 0 amide bonds. The van der Waals surface area contributed by atoms with Crippen molar-refractivity contribution in [1.29, 1.82) is 0 Å². The van der Waals surface area contributed by atoms with Gasteiger partial charge in [0.25, 0.3) is 0 Å². The van der Waals surface area contributed by atoms with Gasteiger partial charge in [-0.05, 0) is 26.1 Å². The zero-order chi connectivity index (χ0) is 7.98. The SMILES string of the molecule is C=N/C(NCC)=C(/C)CN. The lowest BCUT2D eigenvalue weighted by Gasteiger charge is -2.05. The summed E-state index contributed by atoms with van der Waals surface area (Å²) in [6, 6.07) is 0. The summed E-state index contributed by atoms with van der Waals surface area (Å²) in [5.41, 5.74) is 6.43. The van der Waals surface area contributed by atoms with Gasteiger partial charge in [0.05, 0.1) is 0 Å². The first-order valence-corrected chi connectivity index (χ1v) is 3.36. The van der Waals surface area contributed by atoms with E-state index in [1.165, 1.54) is 0 Å². The lowest BCUT2D eigenvalue weighted by atomic mass is 10.3. The summed E-state index contributed by atoms with van der Waals surface area (Å²) >= 11 is 0. The second-order valence-corrected chi connectivity index (χ2v) is 2.02. The van der Waals surface area contributed by atoms with E-state index in [0.29, 0.717) is 6.54 Å². The first kappa shape index (κ1) is 9.17. The van der Waals surface area contributed by atoms with Crippen molar-refractivity contribution in [2.45, 2.75) is 13.8 Å². The molecule has 3 N–H and O–H groups in total. The minimum Gasteiger partial charge on any atom is -0.370 e. The molecule has 0 heterocycles. The molecule has 0 aromatic heterocycles. The summed E-state index contributed by atoms with van der Waals surface area (Å²) in [6.07, 6.45) is 0. The fraction of sp³-hybridized carbons (Fsp3) is 0.571. The molecule has 0 aliphatic rings. The Balaban J connectivity index is 4.14. The van der Waals surface area contributed by atoms with Crippen LogP contribution in [-0.4, -0.2) is 19.8 Å². The first-order valence-electron chi connectivity index (χ1n) is 3.36. The molecule has 3 nitrogen and oxygen atoms in total. The Labute approximate surface area is 62.0 Å². The van der Waals surface area contributed by atoms with Crippen LogP contribution in [0.3, 0.4) is 0 Å². The molecule has 0 saturated heterocycles. The summed E-state index contributed by atoms with van der Waals surface area (Å²) in [6.45, 7) is 8.75. The van der Waals surface area contributed by atoms with Crippen LogP contribution in [0.25, 0.3) is 0 Å². The van der Waals surface area contributed by atoms with Crippen molar-refractivity contribution in [3.63, 3.8) is 0 Å². The summed E-state index contributed by atoms with van der Waals surface area (Å²) in [5.74, 6) is 0.810. The number of nitrogens with zero attached hydrogens (tertiary/aromatic N) is 1. The molecule has 0 radical (unpaired) electrons. The predicted octanol–water partition coefficient (Wildman–Crippen LogP) is 0.487. The van der Waals surface area contributed by atoms with Gasteiger partial charge in [-0.2, -0.15) is 0 Å². The number of hydrogen-bond donors (Lipinski definition) is 2. The molecule has 0 unspecified atom stereocenters. The number of aliphatic imine (C=N–C) groups is 1. The molecule has 0 spiro atoms. The highest BCUT2D eigenvalue weighted by Crippen LogP contribution is 1.97. The minimum atomic E-state index is 0.529. The second kappa shape index (κ2) is 4.99. The maximum atomic E-state index is 5.39. The predicted molar refractivity (Wildman–Crippen MR) is 45.0 cm³/mol. The standard InChI is InChI=1S/C7H15N3/c1-4-10-7(9-3)6(2)5-8/h10H,3-5,8H2,1-2H3/b7-6+. The quantitative estimate of drug-likeness (QED) is 0.560. The van der Waals surface area contributed by atoms with Crippen molar-refractivity contribution in [1.82, 2.24) is 5.32 Å². The summed E-state index contributed by atoms with van der Waals surface area (Å²) in [7, 11) is 0. The largest absolute Gasteiger partial charge is 0.370 e. The Kier molecular flexibility index (Phi) is 4.58. The van der Waals surface area contributed by atoms with E-state index in [-0.39, 0.29) is 0 Å². The third-order valence-electron chi connectivity index (χ3n) is 1.21. The monoisotopic (exact) mass is 141 g/mol. The highest BCUT2D eigenvalue weighted by atomic mass is 15.0. The van der Waals surface area contributed by atoms with Gasteiger partial charge in [0.1, 0.15) is 5.82 Å². The van der Waals surface area contributed by atoms with Crippen LogP contribution in [0.2, 0.25) is 0 Å². The van der Waals surface area contributed by atoms with E-state index in [2.05, 4.69) is 17.0 Å². The molecule has 0 saturated carbocycles. The van der Waals surface area contributed by atoms with Crippen LogP contribution in [0.15, 0.2) is 16.4 Å². The normalized spacial score (nSPS) is 12.3. The van der Waals surface area contributed by atoms with E-state index < -0.39 is 0 Å². The minimum absolute atomic E-state index is 0.529. The molecule has 0 atom stereocenters. The second-order valence-electron chi connectivity index (χ2n) is 2.02. The van der Waals surface area contributed by atoms with Crippen molar-refractivity contribution >= 4 is 6.72 Å². The Morgan fingerprint density at radius 1 is 1.70 bits per heavy atom. The number of rotatable bonds is 4. The number of nitrogens with two attached hydrogens (primary N) is 1. The molecule has 0 bridgehead atoms. The maximum Gasteiger partial charge on any atom is 0.125 e. The van der Waals surface area contributed by atoms with E-state index in [4.69, 9.17) is 5.73 Å². The van der Waals surface area contributed by atoms with Gasteiger partial charge in [0.2, 0.25) is 0 Å². The van der Waals surface area contributed by atoms with Gasteiger partial charge in [-0.3, -0.25) is 0 Å². The average molecular weight is 141 g/mol. The van der Waals surface area contributed by atoms with Crippen LogP contribution in [0.5, 0.6) is 0 Å². The van der Waals surface area contributed by atoms with Crippen LogP contribution in [0.1, 0.15) is 13.8 Å². The molecule has 3 heteroatoms. The van der Waals surface area contributed by atoms with E-state index in [1.807, 2.05) is 13.8 Å². The van der Waals surface area contributed by atoms with Gasteiger partial charge in [-0.1, -0.05) is 0 Å². The Bertz CT molecular complexity index is 138. The van der Waals surface area contributed by atoms with Crippen molar-refractivity contribution in [2.75, 3.05) is 13.1 Å². The highest BCUT2D eigenvalue weighted by molar-refractivity contribution is 5.30. The summed E-state index contributed by atoms with van der Waals surface area (Å²) in [4.78, 5) is 3.79. The van der Waals surface area contributed by atoms with Gasteiger partial charge in [0.15, 0.2) is 0 Å². The molecule has 10 heavy (non-hydrogen) atoms. The zero-order valence-electron chi connectivity index (χ0n) is 6.65. The van der Waals surface area contributed by atoms with Gasteiger partial charge in [0, 0.05) is 13.1 Å². The molecule has 0 fully saturated rings. The lowest BCUT2D eigenvalue weighted by molar-refractivity contribution is 0.819. The zero-order valence-corrected chi connectivity index (χ0v) is 6.65. The topological polar surface area (TPSA) is 50.4 Å². The van der Waals surface area contributed by atoms with Gasteiger partial charge in [-0.25, -0.2) is 4.99 Å². The molecule has 0 aromatic rings. The van der Waals surface area contributed by atoms with Crippen molar-refractivity contribution < 1.29 is 0 Å². The van der Waals surface area contributed by atoms with Gasteiger partial charge >= 0.3 is 0 Å². The fourth-order valence-electron chi connectivity index (χ4n) is 0.606. The van der Waals surface area contributed by atoms with Crippen LogP contribution in [0.4, 0.5) is 0 Å². The third-order valence-corrected chi connectivity index (χ3v) is 1.21. The fourth-order valence-corrected chi connectivity index (χ4v) is 0.606. The molecular formula is C7H15N3. The van der Waals surface area contributed by atoms with Gasteiger partial charge < -0.3 is 11.1 Å². The van der Waals surface area contributed by atoms with Crippen LogP contribution in [-0.2, 0) is 0 Å². The third kappa shape index (κ3) is 2.64. The van der Waals surface area contributed by atoms with Crippen LogP contribution in [0, 0.1) is 0 Å². The van der Waals surface area contributed by atoms with Gasteiger partial charge in [-0.15, -0.1) is 0 Å². The Morgan fingerprint density at radius 3 is 2.60 bits per heavy atom. The molecule has 0 aromatic carbocycles. The molecule has 58 valence electrons. The van der Waals surface area contributed by atoms with Crippen molar-refractivity contribution in [3.8, 4) is 0 Å². The van der Waals surface area contributed by atoms with E-state index in [9.17, 15) is 0 Å². The summed E-state index contributed by atoms with van der Waals surface area (Å²) in [5, 5.41) is 3.05. The molecule has 0 aliphatic heterocycles. The van der Waals surface area contributed by atoms with E-state index in [1.54, 1.807) is 0 Å². The first-order chi connectivity index (χ1) is 4.76. The molecule has 0 rings (SSSR count). The van der Waals surface area contributed by atoms with Crippen molar-refractivity contribution in [3.05, 3.63) is 11.4 Å². The number of nitrogens with one attached hydrogen (secondary N) is 1. The molecular weight excluding hydrogens is 126 g/mol. The van der Waals surface area contributed by atoms with Crippen LogP contribution < -0.4 is 11.1 Å². The van der Waals surface area contributed by atoms with E-state index >= 15 is 0 Å². The van der Waals surface area contributed by atoms with E-state index in [0.717, 1.165) is 17.9 Å². The van der Waals surface area contributed by atoms with Crippen LogP contribution >= 0.6 is 0 Å². The lowest BCUT2D eigenvalue weighted by Crippen LogP contribution is -2.15. The smallest absolute Gasteiger partial charge is 0.125 e. The number of hydrogen-bond acceptors (Lipinski definition) is 3. The average Bonchev–Trinajstić information content (AvgIpc) is 1.99.